The molecule has 8 nitrogen and oxygen atoms in total. The lowest BCUT2D eigenvalue weighted by molar-refractivity contribution is -0.117. The van der Waals surface area contributed by atoms with E-state index in [0.29, 0.717) is 37.9 Å². The summed E-state index contributed by atoms with van der Waals surface area (Å²) in [4.78, 5) is 25.0. The Kier molecular flexibility index (Phi) is 6.81. The van der Waals surface area contributed by atoms with Crippen LogP contribution in [0.4, 0.5) is 11.4 Å². The SMILES string of the molecule is COc1ccc(Cl)cc1NC(=O)Cn1nnc(C(=O)Nc2cc(Cl)ccc2Cl)c1C. The molecule has 0 saturated carbocycles. The van der Waals surface area contributed by atoms with Crippen LogP contribution in [-0.2, 0) is 11.3 Å². The molecular weight excluding hydrogens is 453 g/mol. The molecule has 3 rings (SSSR count). The second-order valence-corrected chi connectivity index (χ2v) is 7.43. The van der Waals surface area contributed by atoms with Crippen molar-refractivity contribution in [1.29, 1.82) is 0 Å². The fourth-order valence-electron chi connectivity index (χ4n) is 2.60. The van der Waals surface area contributed by atoms with E-state index < -0.39 is 11.8 Å². The first-order valence-electron chi connectivity index (χ1n) is 8.58. The first-order valence-corrected chi connectivity index (χ1v) is 9.71. The van der Waals surface area contributed by atoms with Crippen molar-refractivity contribution in [2.75, 3.05) is 17.7 Å². The largest absolute Gasteiger partial charge is 0.495 e. The number of nitrogens with zero attached hydrogens (tertiary/aromatic N) is 3. The monoisotopic (exact) mass is 467 g/mol. The highest BCUT2D eigenvalue weighted by Gasteiger charge is 2.19. The Bertz CT molecular complexity index is 1120. The lowest BCUT2D eigenvalue weighted by Gasteiger charge is -2.11. The number of hydrogen-bond acceptors (Lipinski definition) is 5. The lowest BCUT2D eigenvalue weighted by atomic mass is 10.2. The third-order valence-corrected chi connectivity index (χ3v) is 4.90. The molecule has 2 aromatic carbocycles. The summed E-state index contributed by atoms with van der Waals surface area (Å²) in [6.45, 7) is 1.46. The van der Waals surface area contributed by atoms with Crippen LogP contribution < -0.4 is 15.4 Å². The van der Waals surface area contributed by atoms with E-state index in [1.54, 1.807) is 37.3 Å². The Morgan fingerprint density at radius 3 is 2.40 bits per heavy atom. The zero-order valence-electron chi connectivity index (χ0n) is 15.9. The fourth-order valence-corrected chi connectivity index (χ4v) is 3.11. The Morgan fingerprint density at radius 1 is 1.03 bits per heavy atom. The molecular formula is C19H16Cl3N5O3. The first-order chi connectivity index (χ1) is 14.3. The standard InChI is InChI=1S/C19H16Cl3N5O3/c1-10-18(19(29)24-14-7-11(20)3-5-13(14)22)25-26-27(10)9-17(28)23-15-8-12(21)4-6-16(15)30-2/h3-8H,9H2,1-2H3,(H,23,28)(H,24,29). The summed E-state index contributed by atoms with van der Waals surface area (Å²) in [7, 11) is 1.48. The van der Waals surface area contributed by atoms with E-state index in [2.05, 4.69) is 20.9 Å². The van der Waals surface area contributed by atoms with Crippen LogP contribution in [0, 0.1) is 6.92 Å². The van der Waals surface area contributed by atoms with Gasteiger partial charge in [-0.2, -0.15) is 0 Å². The summed E-state index contributed by atoms with van der Waals surface area (Å²) in [6.07, 6.45) is 0. The molecule has 0 unspecified atom stereocenters. The minimum Gasteiger partial charge on any atom is -0.495 e. The highest BCUT2D eigenvalue weighted by Crippen LogP contribution is 2.28. The molecule has 30 heavy (non-hydrogen) atoms. The van der Waals surface area contributed by atoms with Crippen molar-refractivity contribution in [3.8, 4) is 5.75 Å². The highest BCUT2D eigenvalue weighted by atomic mass is 35.5. The van der Waals surface area contributed by atoms with Crippen LogP contribution in [0.5, 0.6) is 5.75 Å². The Hall–Kier alpha value is -2.81. The van der Waals surface area contributed by atoms with Crippen molar-refractivity contribution in [3.63, 3.8) is 0 Å². The van der Waals surface area contributed by atoms with Gasteiger partial charge in [0.2, 0.25) is 5.91 Å². The van der Waals surface area contributed by atoms with E-state index in [1.165, 1.54) is 17.9 Å². The van der Waals surface area contributed by atoms with E-state index >= 15 is 0 Å². The number of carbonyl (C=O) groups excluding carboxylic acids is 2. The molecule has 156 valence electrons. The molecule has 0 bridgehead atoms. The third-order valence-electron chi connectivity index (χ3n) is 4.10. The number of benzene rings is 2. The maximum absolute atomic E-state index is 12.5. The van der Waals surface area contributed by atoms with Gasteiger partial charge in [-0.1, -0.05) is 40.0 Å². The number of halogens is 3. The molecule has 1 heterocycles. The molecule has 1 aromatic heterocycles. The second kappa shape index (κ2) is 9.34. The van der Waals surface area contributed by atoms with Crippen LogP contribution in [0.3, 0.4) is 0 Å². The molecule has 0 aliphatic heterocycles. The van der Waals surface area contributed by atoms with Crippen molar-refractivity contribution >= 4 is 58.0 Å². The molecule has 0 atom stereocenters. The second-order valence-electron chi connectivity index (χ2n) is 6.15. The van der Waals surface area contributed by atoms with Crippen molar-refractivity contribution in [2.45, 2.75) is 13.5 Å². The number of ether oxygens (including phenoxy) is 1. The number of carbonyl (C=O) groups is 2. The fraction of sp³-hybridized carbons (Fsp3) is 0.158. The number of aromatic nitrogens is 3. The smallest absolute Gasteiger partial charge is 0.278 e. The molecule has 0 saturated heterocycles. The van der Waals surface area contributed by atoms with Gasteiger partial charge in [0.1, 0.15) is 12.3 Å². The van der Waals surface area contributed by atoms with Crippen LogP contribution in [0.15, 0.2) is 36.4 Å². The van der Waals surface area contributed by atoms with Gasteiger partial charge in [-0.05, 0) is 43.3 Å². The summed E-state index contributed by atoms with van der Waals surface area (Å²) in [5, 5.41) is 14.3. The van der Waals surface area contributed by atoms with Crippen LogP contribution in [0.2, 0.25) is 15.1 Å². The van der Waals surface area contributed by atoms with Crippen LogP contribution in [0.25, 0.3) is 0 Å². The number of amides is 2. The summed E-state index contributed by atoms with van der Waals surface area (Å²) in [6, 6.07) is 9.55. The quantitative estimate of drug-likeness (QED) is 0.557. The molecule has 0 aliphatic carbocycles. The minimum absolute atomic E-state index is 0.0548. The maximum Gasteiger partial charge on any atom is 0.278 e. The average Bonchev–Trinajstić information content (AvgIpc) is 3.05. The third kappa shape index (κ3) is 5.02. The van der Waals surface area contributed by atoms with Crippen LogP contribution in [0.1, 0.15) is 16.2 Å². The minimum atomic E-state index is -0.528. The van der Waals surface area contributed by atoms with Crippen LogP contribution in [-0.4, -0.2) is 33.9 Å². The van der Waals surface area contributed by atoms with Crippen molar-refractivity contribution in [2.24, 2.45) is 0 Å². The molecule has 0 aliphatic rings. The van der Waals surface area contributed by atoms with Gasteiger partial charge in [0.15, 0.2) is 5.69 Å². The van der Waals surface area contributed by atoms with Gasteiger partial charge >= 0.3 is 0 Å². The van der Waals surface area contributed by atoms with Gasteiger partial charge in [0.05, 0.1) is 29.2 Å². The van der Waals surface area contributed by atoms with Gasteiger partial charge in [0.25, 0.3) is 5.91 Å². The molecule has 0 radical (unpaired) electrons. The van der Waals surface area contributed by atoms with E-state index in [9.17, 15) is 9.59 Å². The summed E-state index contributed by atoms with van der Waals surface area (Å²) in [5.74, 6) is -0.463. The lowest BCUT2D eigenvalue weighted by Crippen LogP contribution is -2.21. The number of rotatable bonds is 6. The van der Waals surface area contributed by atoms with E-state index in [-0.39, 0.29) is 12.2 Å². The van der Waals surface area contributed by atoms with Gasteiger partial charge in [-0.3, -0.25) is 9.59 Å². The molecule has 0 fully saturated rings. The highest BCUT2D eigenvalue weighted by molar-refractivity contribution is 6.35. The maximum atomic E-state index is 12.5. The van der Waals surface area contributed by atoms with Gasteiger partial charge in [-0.25, -0.2) is 4.68 Å². The predicted octanol–water partition coefficient (Wildman–Crippen LogP) is 4.45. The Balaban J connectivity index is 1.72. The Labute approximate surface area is 187 Å². The van der Waals surface area contributed by atoms with E-state index in [0.717, 1.165) is 0 Å². The first kappa shape index (κ1) is 21.9. The Morgan fingerprint density at radius 2 is 1.70 bits per heavy atom. The van der Waals surface area contributed by atoms with Crippen LogP contribution >= 0.6 is 34.8 Å². The van der Waals surface area contributed by atoms with Crippen molar-refractivity contribution in [1.82, 2.24) is 15.0 Å². The average molecular weight is 469 g/mol. The van der Waals surface area contributed by atoms with Gasteiger partial charge < -0.3 is 15.4 Å². The van der Waals surface area contributed by atoms with E-state index in [4.69, 9.17) is 39.5 Å². The normalized spacial score (nSPS) is 10.6. The van der Waals surface area contributed by atoms with Gasteiger partial charge in [-0.15, -0.1) is 5.10 Å². The molecule has 2 amide bonds. The summed E-state index contributed by atoms with van der Waals surface area (Å²) in [5.41, 5.74) is 1.22. The zero-order valence-corrected chi connectivity index (χ0v) is 18.1. The number of nitrogens with one attached hydrogen (secondary N) is 2. The molecule has 3 aromatic rings. The number of anilines is 2. The number of hydrogen-bond donors (Lipinski definition) is 2. The number of methoxy groups -OCH3 is 1. The zero-order chi connectivity index (χ0) is 21.8. The molecule has 2 N–H and O–H groups in total. The molecule has 0 spiro atoms. The summed E-state index contributed by atoms with van der Waals surface area (Å²) >= 11 is 18.0. The molecule has 11 heteroatoms. The predicted molar refractivity (Wildman–Crippen MR) is 116 cm³/mol. The summed E-state index contributed by atoms with van der Waals surface area (Å²) < 4.78 is 6.51. The topological polar surface area (TPSA) is 98.1 Å². The van der Waals surface area contributed by atoms with Crippen molar-refractivity contribution < 1.29 is 14.3 Å². The van der Waals surface area contributed by atoms with E-state index in [1.807, 2.05) is 0 Å². The van der Waals surface area contributed by atoms with Gasteiger partial charge in [0, 0.05) is 10.0 Å². The van der Waals surface area contributed by atoms with Crippen molar-refractivity contribution in [3.05, 3.63) is 62.9 Å².